The maximum absolute atomic E-state index is 13.7. The molecule has 1 aromatic heterocycles. The number of alkyl halides is 1. The van der Waals surface area contributed by atoms with Crippen LogP contribution in [0.1, 0.15) is 39.1 Å². The maximum atomic E-state index is 13.7. The first-order valence-corrected chi connectivity index (χ1v) is 10.2. The Morgan fingerprint density at radius 3 is 2.97 bits per heavy atom. The summed E-state index contributed by atoms with van der Waals surface area (Å²) in [7, 11) is 1.79. The number of pyridine rings is 1. The molecule has 1 fully saturated rings. The minimum absolute atomic E-state index is 0.0356. The molecule has 4 heterocycles. The van der Waals surface area contributed by atoms with Crippen LogP contribution in [0.15, 0.2) is 30.5 Å². The Balaban J connectivity index is 1.42. The van der Waals surface area contributed by atoms with E-state index < -0.39 is 6.17 Å². The fourth-order valence-electron chi connectivity index (χ4n) is 4.38. The molecule has 3 aliphatic rings. The Bertz CT molecular complexity index is 1030. The zero-order chi connectivity index (χ0) is 20.8. The molecule has 5 rings (SSSR count). The topological polar surface area (TPSA) is 66.0 Å². The number of carbonyl (C=O) groups is 2. The molecule has 156 valence electrons. The van der Waals surface area contributed by atoms with E-state index in [0.29, 0.717) is 56.2 Å². The summed E-state index contributed by atoms with van der Waals surface area (Å²) in [6.45, 7) is 2.35. The zero-order valence-corrected chi connectivity index (χ0v) is 16.8. The molecule has 0 N–H and O–H groups in total. The molecular formula is C22H23FN4O3. The number of aromatic nitrogens is 1. The summed E-state index contributed by atoms with van der Waals surface area (Å²) in [6, 6.07) is 7.49. The quantitative estimate of drug-likeness (QED) is 0.762. The molecule has 0 aliphatic carbocycles. The summed E-state index contributed by atoms with van der Waals surface area (Å²) >= 11 is 0. The third kappa shape index (κ3) is 3.16. The number of hydrogen-bond donors (Lipinski definition) is 0. The van der Waals surface area contributed by atoms with Gasteiger partial charge in [-0.15, -0.1) is 0 Å². The Morgan fingerprint density at radius 1 is 1.27 bits per heavy atom. The van der Waals surface area contributed by atoms with Crippen LogP contribution in [-0.4, -0.2) is 66.1 Å². The van der Waals surface area contributed by atoms with Crippen molar-refractivity contribution in [3.05, 3.63) is 47.2 Å². The van der Waals surface area contributed by atoms with Crippen molar-refractivity contribution in [3.8, 4) is 5.75 Å². The zero-order valence-electron chi connectivity index (χ0n) is 16.8. The maximum Gasteiger partial charge on any atom is 0.255 e. The fourth-order valence-corrected chi connectivity index (χ4v) is 4.38. The Hall–Kier alpha value is -3.16. The van der Waals surface area contributed by atoms with Gasteiger partial charge in [0, 0.05) is 37.6 Å². The van der Waals surface area contributed by atoms with Gasteiger partial charge in [0.15, 0.2) is 11.6 Å². The van der Waals surface area contributed by atoms with Crippen LogP contribution in [0.5, 0.6) is 5.75 Å². The van der Waals surface area contributed by atoms with Crippen molar-refractivity contribution in [2.24, 2.45) is 0 Å². The van der Waals surface area contributed by atoms with Crippen LogP contribution in [0.4, 0.5) is 15.9 Å². The van der Waals surface area contributed by atoms with Gasteiger partial charge in [0.05, 0.1) is 18.7 Å². The highest BCUT2D eigenvalue weighted by atomic mass is 19.1. The summed E-state index contributed by atoms with van der Waals surface area (Å²) in [5.74, 6) is 0.993. The van der Waals surface area contributed by atoms with Crippen molar-refractivity contribution in [2.75, 3.05) is 38.2 Å². The molecule has 1 atom stereocenters. The van der Waals surface area contributed by atoms with E-state index in [1.165, 1.54) is 6.20 Å². The number of anilines is 2. The number of carbonyl (C=O) groups excluding carboxylic acids is 2. The molecule has 0 radical (unpaired) electrons. The molecule has 0 spiro atoms. The van der Waals surface area contributed by atoms with Crippen LogP contribution < -0.4 is 9.64 Å². The molecule has 3 aliphatic heterocycles. The van der Waals surface area contributed by atoms with Gasteiger partial charge in [-0.2, -0.15) is 0 Å². The first-order chi connectivity index (χ1) is 14.5. The lowest BCUT2D eigenvalue weighted by Crippen LogP contribution is -2.40. The number of amides is 2. The molecule has 1 aromatic carbocycles. The second kappa shape index (κ2) is 7.27. The predicted octanol–water partition coefficient (Wildman–Crippen LogP) is 2.77. The van der Waals surface area contributed by atoms with Crippen LogP contribution in [0.25, 0.3) is 0 Å². The normalized spacial score (nSPS) is 20.7. The number of likely N-dealkylation sites (tertiary alicyclic amines) is 1. The van der Waals surface area contributed by atoms with Gasteiger partial charge in [0.2, 0.25) is 0 Å². The lowest BCUT2D eigenvalue weighted by Gasteiger charge is -2.32. The van der Waals surface area contributed by atoms with E-state index in [1.54, 1.807) is 22.9 Å². The number of halogens is 1. The first kappa shape index (κ1) is 18.8. The molecule has 2 amide bonds. The van der Waals surface area contributed by atoms with E-state index in [1.807, 2.05) is 23.1 Å². The Labute approximate surface area is 174 Å². The van der Waals surface area contributed by atoms with Crippen LogP contribution in [-0.2, 0) is 6.54 Å². The number of fused-ring (bicyclic) bond motifs is 2. The van der Waals surface area contributed by atoms with Gasteiger partial charge in [0.1, 0.15) is 12.8 Å². The number of ether oxygens (including phenoxy) is 1. The molecule has 8 heteroatoms. The van der Waals surface area contributed by atoms with Crippen LogP contribution in [0.3, 0.4) is 0 Å². The monoisotopic (exact) mass is 410 g/mol. The summed E-state index contributed by atoms with van der Waals surface area (Å²) in [6.07, 6.45) is 1.75. The lowest BCUT2D eigenvalue weighted by molar-refractivity contribution is 0.0635. The molecule has 30 heavy (non-hydrogen) atoms. The van der Waals surface area contributed by atoms with Gasteiger partial charge in [-0.25, -0.2) is 9.37 Å². The van der Waals surface area contributed by atoms with Crippen LogP contribution in [0, 0.1) is 0 Å². The number of piperidine rings is 1. The van der Waals surface area contributed by atoms with E-state index in [9.17, 15) is 14.0 Å². The Kier molecular flexibility index (Phi) is 4.56. The number of rotatable bonds is 2. The van der Waals surface area contributed by atoms with Crippen molar-refractivity contribution >= 4 is 23.3 Å². The van der Waals surface area contributed by atoms with E-state index in [4.69, 9.17) is 4.74 Å². The van der Waals surface area contributed by atoms with E-state index in [0.717, 1.165) is 16.8 Å². The molecule has 0 bridgehead atoms. The standard InChI is InChI=1S/C22H23FN4O3/c1-25-12-15-9-17(4-5-18(15)22(25)29)27-7-8-30-19-10-14(11-24-20(19)27)21(28)26-6-2-3-16(23)13-26/h4-5,9-11,16H,2-3,6-8,12-13H2,1H3. The second-order valence-corrected chi connectivity index (χ2v) is 8.04. The highest BCUT2D eigenvalue weighted by Crippen LogP contribution is 2.37. The third-order valence-electron chi connectivity index (χ3n) is 5.94. The van der Waals surface area contributed by atoms with Gasteiger partial charge in [-0.05, 0) is 42.7 Å². The Morgan fingerprint density at radius 2 is 2.13 bits per heavy atom. The number of hydrogen-bond acceptors (Lipinski definition) is 5. The van der Waals surface area contributed by atoms with E-state index in [2.05, 4.69) is 4.98 Å². The predicted molar refractivity (Wildman–Crippen MR) is 109 cm³/mol. The van der Waals surface area contributed by atoms with Crippen molar-refractivity contribution in [1.29, 1.82) is 0 Å². The van der Waals surface area contributed by atoms with Gasteiger partial charge < -0.3 is 19.4 Å². The molecule has 7 nitrogen and oxygen atoms in total. The van der Waals surface area contributed by atoms with Crippen LogP contribution in [0.2, 0.25) is 0 Å². The van der Waals surface area contributed by atoms with Gasteiger partial charge >= 0.3 is 0 Å². The second-order valence-electron chi connectivity index (χ2n) is 8.04. The van der Waals surface area contributed by atoms with Gasteiger partial charge in [-0.1, -0.05) is 0 Å². The average molecular weight is 410 g/mol. The molecule has 1 saturated heterocycles. The third-order valence-corrected chi connectivity index (χ3v) is 5.94. The fraction of sp³-hybridized carbons (Fsp3) is 0.409. The minimum atomic E-state index is -0.967. The lowest BCUT2D eigenvalue weighted by atomic mass is 10.1. The molecule has 0 saturated carbocycles. The van der Waals surface area contributed by atoms with Crippen molar-refractivity contribution in [2.45, 2.75) is 25.6 Å². The smallest absolute Gasteiger partial charge is 0.255 e. The minimum Gasteiger partial charge on any atom is -0.488 e. The summed E-state index contributed by atoms with van der Waals surface area (Å²) in [5.41, 5.74) is 3.07. The molecule has 1 unspecified atom stereocenters. The number of benzene rings is 1. The van der Waals surface area contributed by atoms with E-state index >= 15 is 0 Å². The first-order valence-electron chi connectivity index (χ1n) is 10.2. The SMILES string of the molecule is CN1Cc2cc(N3CCOc4cc(C(=O)N5CCCC(F)C5)cnc43)ccc2C1=O. The van der Waals surface area contributed by atoms with Crippen molar-refractivity contribution < 1.29 is 18.7 Å². The number of nitrogens with zero attached hydrogens (tertiary/aromatic N) is 4. The average Bonchev–Trinajstić information content (AvgIpc) is 3.05. The summed E-state index contributed by atoms with van der Waals surface area (Å²) < 4.78 is 19.5. The highest BCUT2D eigenvalue weighted by molar-refractivity contribution is 5.99. The van der Waals surface area contributed by atoms with Gasteiger partial charge in [0.25, 0.3) is 11.8 Å². The molecular weight excluding hydrogens is 387 g/mol. The van der Waals surface area contributed by atoms with Crippen LogP contribution >= 0.6 is 0 Å². The van der Waals surface area contributed by atoms with E-state index in [-0.39, 0.29) is 18.4 Å². The summed E-state index contributed by atoms with van der Waals surface area (Å²) in [4.78, 5) is 34.7. The van der Waals surface area contributed by atoms with Crippen molar-refractivity contribution in [3.63, 3.8) is 0 Å². The molecule has 2 aromatic rings. The highest BCUT2D eigenvalue weighted by Gasteiger charge is 2.29. The summed E-state index contributed by atoms with van der Waals surface area (Å²) in [5, 5.41) is 0. The van der Waals surface area contributed by atoms with Gasteiger partial charge in [-0.3, -0.25) is 9.59 Å². The largest absolute Gasteiger partial charge is 0.488 e. The van der Waals surface area contributed by atoms with Crippen molar-refractivity contribution in [1.82, 2.24) is 14.8 Å².